The molecule has 2 aromatic heterocycles. The largest absolute Gasteiger partial charge is 0.504 e. The Morgan fingerprint density at radius 2 is 1.25 bits per heavy atom. The molecule has 0 radical (unpaired) electrons. The lowest BCUT2D eigenvalue weighted by Crippen LogP contribution is -2.26. The second-order valence-electron chi connectivity index (χ2n) is 9.66. The summed E-state index contributed by atoms with van der Waals surface area (Å²) >= 11 is 3.55. The van der Waals surface area contributed by atoms with Gasteiger partial charge in [-0.3, -0.25) is 19.0 Å². The minimum Gasteiger partial charge on any atom is -0.504 e. The number of ether oxygens (including phenoxy) is 1. The molecule has 1 N–H and O–H groups in total. The molecule has 8 nitrogen and oxygen atoms in total. The van der Waals surface area contributed by atoms with Gasteiger partial charge in [-0.25, -0.2) is 9.36 Å². The number of aromatic hydroxyl groups is 1. The van der Waals surface area contributed by atoms with E-state index in [0.717, 1.165) is 0 Å². The van der Waals surface area contributed by atoms with Crippen LogP contribution in [0.25, 0.3) is 11.4 Å². The third-order valence-electron chi connectivity index (χ3n) is 7.45. The molecule has 0 aliphatic heterocycles. The standard InChI is InChI=1S/C31H31BrN4O4/c1-6-40-25-18-21(32)17-24(29(25)37)28(26-19(2)33(4)35(30(26)38)22-13-9-7-10-14-22)27-20(3)34(5)36(31(27)39)23-15-11-8-12-16-23/h7-18,28,37H,6H2,1-5H3. The Kier molecular flexibility index (Phi) is 7.33. The second kappa shape index (κ2) is 10.7. The summed E-state index contributed by atoms with van der Waals surface area (Å²) in [5, 5.41) is 11.5. The van der Waals surface area contributed by atoms with E-state index in [9.17, 15) is 14.7 Å². The lowest BCUT2D eigenvalue weighted by atomic mass is 9.84. The number of aromatic nitrogens is 4. The molecule has 0 fully saturated rings. The molecule has 0 bridgehead atoms. The van der Waals surface area contributed by atoms with Gasteiger partial charge in [-0.15, -0.1) is 0 Å². The summed E-state index contributed by atoms with van der Waals surface area (Å²) in [7, 11) is 3.63. The first-order valence-electron chi connectivity index (χ1n) is 13.0. The average molecular weight is 604 g/mol. The molecule has 0 atom stereocenters. The summed E-state index contributed by atoms with van der Waals surface area (Å²) < 4.78 is 13.1. The second-order valence-corrected chi connectivity index (χ2v) is 10.6. The Balaban J connectivity index is 1.90. The number of hydrogen-bond donors (Lipinski definition) is 1. The Hall–Kier alpha value is -4.24. The van der Waals surface area contributed by atoms with Crippen molar-refractivity contribution in [3.05, 3.63) is 126 Å². The van der Waals surface area contributed by atoms with Crippen LogP contribution >= 0.6 is 15.9 Å². The Morgan fingerprint density at radius 1 is 0.800 bits per heavy atom. The summed E-state index contributed by atoms with van der Waals surface area (Å²) in [6.45, 7) is 5.88. The van der Waals surface area contributed by atoms with Crippen LogP contribution in [0.2, 0.25) is 0 Å². The van der Waals surface area contributed by atoms with Gasteiger partial charge in [-0.05, 0) is 57.2 Å². The van der Waals surface area contributed by atoms with Crippen LogP contribution in [0.1, 0.15) is 40.9 Å². The third-order valence-corrected chi connectivity index (χ3v) is 7.91. The molecular formula is C31H31BrN4O4. The molecule has 206 valence electrons. The minimum absolute atomic E-state index is 0.113. The van der Waals surface area contributed by atoms with Crippen molar-refractivity contribution in [1.29, 1.82) is 0 Å². The molecule has 9 heteroatoms. The fourth-order valence-electron chi connectivity index (χ4n) is 5.38. The summed E-state index contributed by atoms with van der Waals surface area (Å²) in [6, 6.07) is 22.1. The summed E-state index contributed by atoms with van der Waals surface area (Å²) in [5.74, 6) is -0.729. The van der Waals surface area contributed by atoms with Crippen molar-refractivity contribution in [1.82, 2.24) is 18.7 Å². The van der Waals surface area contributed by atoms with Gasteiger partial charge in [0.2, 0.25) is 0 Å². The van der Waals surface area contributed by atoms with Crippen LogP contribution in [-0.4, -0.2) is 30.4 Å². The van der Waals surface area contributed by atoms with Crippen molar-refractivity contribution in [3.63, 3.8) is 0 Å². The highest BCUT2D eigenvalue weighted by Gasteiger charge is 2.35. The van der Waals surface area contributed by atoms with E-state index in [4.69, 9.17) is 4.74 Å². The number of rotatable bonds is 7. The number of nitrogens with zero attached hydrogens (tertiary/aromatic N) is 4. The van der Waals surface area contributed by atoms with Crippen LogP contribution in [-0.2, 0) is 14.1 Å². The summed E-state index contributed by atoms with van der Waals surface area (Å²) in [5.41, 5.74) is 3.38. The van der Waals surface area contributed by atoms with Crippen molar-refractivity contribution < 1.29 is 9.84 Å². The van der Waals surface area contributed by atoms with E-state index in [-0.39, 0.29) is 22.6 Å². The highest BCUT2D eigenvalue weighted by molar-refractivity contribution is 9.10. The van der Waals surface area contributed by atoms with Crippen molar-refractivity contribution in [3.8, 4) is 22.9 Å². The molecule has 0 aliphatic carbocycles. The maximum Gasteiger partial charge on any atom is 0.275 e. The van der Waals surface area contributed by atoms with Crippen molar-refractivity contribution in [2.45, 2.75) is 26.7 Å². The predicted molar refractivity (Wildman–Crippen MR) is 159 cm³/mol. The molecule has 0 aliphatic rings. The van der Waals surface area contributed by atoms with E-state index in [0.29, 0.717) is 50.5 Å². The van der Waals surface area contributed by atoms with E-state index in [1.165, 1.54) is 0 Å². The van der Waals surface area contributed by atoms with Crippen LogP contribution in [0.15, 0.2) is 86.9 Å². The Labute approximate surface area is 240 Å². The molecule has 3 aromatic carbocycles. The zero-order valence-electron chi connectivity index (χ0n) is 23.1. The third kappa shape index (κ3) is 4.40. The van der Waals surface area contributed by atoms with Crippen molar-refractivity contribution in [2.75, 3.05) is 6.61 Å². The molecular weight excluding hydrogens is 572 g/mol. The van der Waals surface area contributed by atoms with Gasteiger partial charge in [0.1, 0.15) is 0 Å². The van der Waals surface area contributed by atoms with E-state index < -0.39 is 5.92 Å². The summed E-state index contributed by atoms with van der Waals surface area (Å²) in [6.07, 6.45) is 0. The van der Waals surface area contributed by atoms with Gasteiger partial charge < -0.3 is 9.84 Å². The fraction of sp³-hybridized carbons (Fsp3) is 0.226. The van der Waals surface area contributed by atoms with Gasteiger partial charge in [0, 0.05) is 35.5 Å². The van der Waals surface area contributed by atoms with Gasteiger partial charge in [-0.2, -0.15) is 0 Å². The number of halogens is 1. The fourth-order valence-corrected chi connectivity index (χ4v) is 5.83. The van der Waals surface area contributed by atoms with Gasteiger partial charge >= 0.3 is 0 Å². The van der Waals surface area contributed by atoms with Crippen LogP contribution < -0.4 is 15.9 Å². The quantitative estimate of drug-likeness (QED) is 0.273. The van der Waals surface area contributed by atoms with E-state index in [2.05, 4.69) is 15.9 Å². The first kappa shape index (κ1) is 27.3. The molecule has 2 heterocycles. The van der Waals surface area contributed by atoms with Gasteiger partial charge in [-0.1, -0.05) is 52.3 Å². The molecule has 0 unspecified atom stereocenters. The smallest absolute Gasteiger partial charge is 0.275 e. The molecule has 0 saturated heterocycles. The number of benzene rings is 3. The van der Waals surface area contributed by atoms with Crippen LogP contribution in [0, 0.1) is 13.8 Å². The monoisotopic (exact) mass is 602 g/mol. The van der Waals surface area contributed by atoms with E-state index in [1.54, 1.807) is 30.9 Å². The molecule has 0 saturated carbocycles. The van der Waals surface area contributed by atoms with Crippen molar-refractivity contribution >= 4 is 15.9 Å². The number of para-hydroxylation sites is 2. The zero-order valence-corrected chi connectivity index (χ0v) is 24.6. The predicted octanol–water partition coefficient (Wildman–Crippen LogP) is 5.33. The van der Waals surface area contributed by atoms with Crippen LogP contribution in [0.3, 0.4) is 0 Å². The topological polar surface area (TPSA) is 83.3 Å². The number of phenols is 1. The van der Waals surface area contributed by atoms with E-state index >= 15 is 0 Å². The maximum absolute atomic E-state index is 14.3. The lowest BCUT2D eigenvalue weighted by molar-refractivity contribution is 0.316. The average Bonchev–Trinajstić information content (AvgIpc) is 3.30. The molecule has 5 aromatic rings. The Bertz CT molecular complexity index is 1710. The normalized spacial score (nSPS) is 11.4. The van der Waals surface area contributed by atoms with Gasteiger partial charge in [0.15, 0.2) is 11.5 Å². The number of phenolic OH excluding ortho intramolecular Hbond substituents is 1. The SMILES string of the molecule is CCOc1cc(Br)cc(C(c2c(C)n(C)n(-c3ccccc3)c2=O)c2c(C)n(C)n(-c3ccccc3)c2=O)c1O. The molecule has 0 spiro atoms. The maximum atomic E-state index is 14.3. The van der Waals surface area contributed by atoms with Gasteiger partial charge in [0.05, 0.1) is 35.0 Å². The first-order chi connectivity index (χ1) is 19.2. The zero-order chi connectivity index (χ0) is 28.7. The lowest BCUT2D eigenvalue weighted by Gasteiger charge is -2.20. The Morgan fingerprint density at radius 3 is 1.68 bits per heavy atom. The highest BCUT2D eigenvalue weighted by atomic mass is 79.9. The van der Waals surface area contributed by atoms with Crippen LogP contribution in [0.5, 0.6) is 11.5 Å². The van der Waals surface area contributed by atoms with E-state index in [1.807, 2.05) is 95.5 Å². The van der Waals surface area contributed by atoms with Crippen molar-refractivity contribution in [2.24, 2.45) is 14.1 Å². The van der Waals surface area contributed by atoms with Gasteiger partial charge in [0.25, 0.3) is 11.1 Å². The molecule has 0 amide bonds. The number of hydrogen-bond acceptors (Lipinski definition) is 4. The highest BCUT2D eigenvalue weighted by Crippen LogP contribution is 2.43. The molecule has 40 heavy (non-hydrogen) atoms. The minimum atomic E-state index is -0.885. The molecule has 5 rings (SSSR count). The first-order valence-corrected chi connectivity index (χ1v) is 13.8. The van der Waals surface area contributed by atoms with Crippen LogP contribution in [0.4, 0.5) is 0 Å². The summed E-state index contributed by atoms with van der Waals surface area (Å²) in [4.78, 5) is 28.6.